The van der Waals surface area contributed by atoms with E-state index in [2.05, 4.69) is 28.0 Å². The first-order chi connectivity index (χ1) is 14.3. The molecular weight excluding hydrogens is 360 g/mol. The number of benzene rings is 2. The van der Waals surface area contributed by atoms with Crippen LogP contribution in [0.15, 0.2) is 54.6 Å². The number of carbonyl (C=O) groups excluding carboxylic acids is 1. The van der Waals surface area contributed by atoms with Gasteiger partial charge in [-0.05, 0) is 80.9 Å². The highest BCUT2D eigenvalue weighted by molar-refractivity contribution is 5.76. The Morgan fingerprint density at radius 1 is 0.897 bits per heavy atom. The molecule has 0 spiro atoms. The summed E-state index contributed by atoms with van der Waals surface area (Å²) in [5.41, 5.74) is 1.29. The molecule has 0 atom stereocenters. The number of hydrogen-bond acceptors (Lipinski definition) is 3. The van der Waals surface area contributed by atoms with Gasteiger partial charge >= 0.3 is 0 Å². The van der Waals surface area contributed by atoms with Gasteiger partial charge in [0.15, 0.2) is 0 Å². The molecule has 0 N–H and O–H groups in total. The van der Waals surface area contributed by atoms with E-state index in [1.807, 2.05) is 36.4 Å². The van der Waals surface area contributed by atoms with Crippen molar-refractivity contribution >= 4 is 5.91 Å². The van der Waals surface area contributed by atoms with Gasteiger partial charge in [-0.3, -0.25) is 9.69 Å². The highest BCUT2D eigenvalue weighted by Gasteiger charge is 2.22. The molecule has 2 aliphatic heterocycles. The molecule has 154 valence electrons. The zero-order valence-electron chi connectivity index (χ0n) is 17.3. The normalized spacial score (nSPS) is 18.1. The Morgan fingerprint density at radius 2 is 1.62 bits per heavy atom. The third-order valence-corrected chi connectivity index (χ3v) is 6.22. The molecule has 29 heavy (non-hydrogen) atoms. The first-order valence-corrected chi connectivity index (χ1v) is 11.1. The lowest BCUT2D eigenvalue weighted by atomic mass is 9.91. The van der Waals surface area contributed by atoms with E-state index in [-0.39, 0.29) is 0 Å². The van der Waals surface area contributed by atoms with Crippen molar-refractivity contribution in [3.8, 4) is 11.5 Å². The quantitative estimate of drug-likeness (QED) is 0.658. The Labute approximate surface area is 174 Å². The molecule has 0 unspecified atom stereocenters. The Bertz CT molecular complexity index is 778. The predicted octanol–water partition coefficient (Wildman–Crippen LogP) is 5.09. The monoisotopic (exact) mass is 392 g/mol. The number of amides is 1. The van der Waals surface area contributed by atoms with E-state index in [1.165, 1.54) is 31.2 Å². The highest BCUT2D eigenvalue weighted by atomic mass is 16.5. The van der Waals surface area contributed by atoms with Gasteiger partial charge in [-0.2, -0.15) is 0 Å². The van der Waals surface area contributed by atoms with E-state index in [9.17, 15) is 4.79 Å². The number of nitrogens with zero attached hydrogens (tertiary/aromatic N) is 2. The van der Waals surface area contributed by atoms with Crippen LogP contribution in [0, 0.1) is 5.92 Å². The van der Waals surface area contributed by atoms with Crippen molar-refractivity contribution in [3.05, 3.63) is 60.2 Å². The van der Waals surface area contributed by atoms with Crippen LogP contribution in [0.2, 0.25) is 0 Å². The average molecular weight is 393 g/mol. The third-order valence-electron chi connectivity index (χ3n) is 6.22. The summed E-state index contributed by atoms with van der Waals surface area (Å²) in [6, 6.07) is 18.3. The van der Waals surface area contributed by atoms with Crippen molar-refractivity contribution in [2.24, 2.45) is 5.92 Å². The molecule has 4 nitrogen and oxygen atoms in total. The van der Waals surface area contributed by atoms with Gasteiger partial charge in [0.25, 0.3) is 0 Å². The van der Waals surface area contributed by atoms with Gasteiger partial charge in [-0.1, -0.05) is 30.3 Å². The molecule has 2 aromatic rings. The maximum atomic E-state index is 12.3. The van der Waals surface area contributed by atoms with E-state index in [0.717, 1.165) is 57.1 Å². The van der Waals surface area contributed by atoms with Gasteiger partial charge in [0.05, 0.1) is 0 Å². The van der Waals surface area contributed by atoms with Crippen molar-refractivity contribution < 1.29 is 9.53 Å². The second-order valence-electron chi connectivity index (χ2n) is 8.41. The molecule has 4 rings (SSSR count). The number of rotatable bonds is 7. The minimum absolute atomic E-state index is 0.375. The molecule has 4 heteroatoms. The summed E-state index contributed by atoms with van der Waals surface area (Å²) < 4.78 is 5.97. The smallest absolute Gasteiger partial charge is 0.222 e. The van der Waals surface area contributed by atoms with Crippen LogP contribution in [0.3, 0.4) is 0 Å². The zero-order chi connectivity index (χ0) is 19.9. The molecule has 2 aromatic carbocycles. The molecule has 2 aliphatic rings. The van der Waals surface area contributed by atoms with E-state index < -0.39 is 0 Å². The van der Waals surface area contributed by atoms with Gasteiger partial charge in [0.2, 0.25) is 5.91 Å². The highest BCUT2D eigenvalue weighted by Crippen LogP contribution is 2.26. The third kappa shape index (κ3) is 5.83. The summed E-state index contributed by atoms with van der Waals surface area (Å²) in [6.07, 6.45) is 6.57. The lowest BCUT2D eigenvalue weighted by Crippen LogP contribution is -2.34. The molecule has 2 saturated heterocycles. The summed E-state index contributed by atoms with van der Waals surface area (Å²) in [4.78, 5) is 16.8. The Balaban J connectivity index is 1.21. The molecule has 1 amide bonds. The van der Waals surface area contributed by atoms with E-state index in [0.29, 0.717) is 11.8 Å². The van der Waals surface area contributed by atoms with E-state index in [1.54, 1.807) is 0 Å². The molecule has 0 radical (unpaired) electrons. The molecule has 0 aliphatic carbocycles. The fourth-order valence-corrected chi connectivity index (χ4v) is 4.48. The summed E-state index contributed by atoms with van der Waals surface area (Å²) >= 11 is 0. The van der Waals surface area contributed by atoms with Crippen LogP contribution in [0.5, 0.6) is 11.5 Å². The molecule has 0 aromatic heterocycles. The number of hydrogen-bond donors (Lipinski definition) is 0. The second kappa shape index (κ2) is 9.93. The first kappa shape index (κ1) is 20.0. The topological polar surface area (TPSA) is 32.8 Å². The van der Waals surface area contributed by atoms with Crippen LogP contribution >= 0.6 is 0 Å². The molecule has 0 saturated carbocycles. The number of carbonyl (C=O) groups is 1. The molecular formula is C25H32N2O2. The lowest BCUT2D eigenvalue weighted by Gasteiger charge is -2.32. The van der Waals surface area contributed by atoms with Gasteiger partial charge in [-0.25, -0.2) is 0 Å². The van der Waals surface area contributed by atoms with Crippen LogP contribution in [0.4, 0.5) is 0 Å². The standard InChI is InChI=1S/C25H32N2O2/c28-25(27-15-4-5-16-27)12-11-21-13-17-26(18-14-21)20-22-7-6-10-24(19-22)29-23-8-2-1-3-9-23/h1-3,6-10,19,21H,4-5,11-18,20H2. The van der Waals surface area contributed by atoms with Crippen molar-refractivity contribution in [2.45, 2.75) is 45.1 Å². The van der Waals surface area contributed by atoms with Gasteiger partial charge < -0.3 is 9.64 Å². The minimum atomic E-state index is 0.375. The Morgan fingerprint density at radius 3 is 2.38 bits per heavy atom. The molecule has 2 fully saturated rings. The molecule has 0 bridgehead atoms. The zero-order valence-corrected chi connectivity index (χ0v) is 17.3. The maximum Gasteiger partial charge on any atom is 0.222 e. The summed E-state index contributed by atoms with van der Waals surface area (Å²) in [7, 11) is 0. The lowest BCUT2D eigenvalue weighted by molar-refractivity contribution is -0.130. The predicted molar refractivity (Wildman–Crippen MR) is 116 cm³/mol. The average Bonchev–Trinajstić information content (AvgIpc) is 3.29. The summed E-state index contributed by atoms with van der Waals surface area (Å²) in [5.74, 6) is 2.84. The number of likely N-dealkylation sites (tertiary alicyclic amines) is 2. The maximum absolute atomic E-state index is 12.3. The fraction of sp³-hybridized carbons (Fsp3) is 0.480. The van der Waals surface area contributed by atoms with Gasteiger partial charge in [0, 0.05) is 26.1 Å². The van der Waals surface area contributed by atoms with E-state index in [4.69, 9.17) is 4.74 Å². The summed E-state index contributed by atoms with van der Waals surface area (Å²) in [5, 5.41) is 0. The van der Waals surface area contributed by atoms with E-state index >= 15 is 0 Å². The first-order valence-electron chi connectivity index (χ1n) is 11.1. The van der Waals surface area contributed by atoms with Crippen LogP contribution in [-0.4, -0.2) is 41.9 Å². The van der Waals surface area contributed by atoms with Crippen molar-refractivity contribution in [1.82, 2.24) is 9.80 Å². The fourth-order valence-electron chi connectivity index (χ4n) is 4.48. The second-order valence-corrected chi connectivity index (χ2v) is 8.41. The van der Waals surface area contributed by atoms with Crippen LogP contribution in [-0.2, 0) is 11.3 Å². The van der Waals surface area contributed by atoms with Gasteiger partial charge in [0.1, 0.15) is 11.5 Å². The number of piperidine rings is 1. The minimum Gasteiger partial charge on any atom is -0.457 e. The van der Waals surface area contributed by atoms with Crippen molar-refractivity contribution in [3.63, 3.8) is 0 Å². The Kier molecular flexibility index (Phi) is 6.83. The van der Waals surface area contributed by atoms with Crippen molar-refractivity contribution in [1.29, 1.82) is 0 Å². The number of ether oxygens (including phenoxy) is 1. The van der Waals surface area contributed by atoms with Crippen molar-refractivity contribution in [2.75, 3.05) is 26.2 Å². The summed E-state index contributed by atoms with van der Waals surface area (Å²) in [6.45, 7) is 5.15. The SMILES string of the molecule is O=C(CCC1CCN(Cc2cccc(Oc3ccccc3)c2)CC1)N1CCCC1. The van der Waals surface area contributed by atoms with Crippen LogP contribution < -0.4 is 4.74 Å². The van der Waals surface area contributed by atoms with Crippen LogP contribution in [0.25, 0.3) is 0 Å². The molecule has 2 heterocycles. The van der Waals surface area contributed by atoms with Crippen LogP contribution in [0.1, 0.15) is 44.1 Å². The largest absolute Gasteiger partial charge is 0.457 e. The Hall–Kier alpha value is -2.33. The number of para-hydroxylation sites is 1. The van der Waals surface area contributed by atoms with Gasteiger partial charge in [-0.15, -0.1) is 0 Å².